The summed E-state index contributed by atoms with van der Waals surface area (Å²) >= 11 is 12.6. The number of ether oxygens (including phenoxy) is 1. The van der Waals surface area contributed by atoms with Crippen LogP contribution in [0, 0.1) is 6.92 Å². The number of nitrogens with one attached hydrogen (secondary N) is 2. The molecule has 0 bridgehead atoms. The van der Waals surface area contributed by atoms with Gasteiger partial charge in [0.25, 0.3) is 5.91 Å². The topological polar surface area (TPSA) is 67.4 Å². The van der Waals surface area contributed by atoms with E-state index in [1.54, 1.807) is 24.3 Å². The van der Waals surface area contributed by atoms with Crippen LogP contribution in [0.3, 0.4) is 0 Å². The molecule has 0 aliphatic carbocycles. The lowest BCUT2D eigenvalue weighted by molar-refractivity contribution is -0.129. The maximum atomic E-state index is 11.8. The molecule has 0 heterocycles. The predicted molar refractivity (Wildman–Crippen MR) is 104 cm³/mol. The van der Waals surface area contributed by atoms with Crippen molar-refractivity contribution in [2.24, 2.45) is 0 Å². The van der Waals surface area contributed by atoms with Gasteiger partial charge in [-0.15, -0.1) is 0 Å². The molecule has 0 aliphatic heterocycles. The van der Waals surface area contributed by atoms with E-state index in [0.717, 1.165) is 20.1 Å². The lowest BCUT2D eigenvalue weighted by Gasteiger charge is -2.12. The van der Waals surface area contributed by atoms with E-state index in [2.05, 4.69) is 42.7 Å². The molecule has 0 aliphatic rings. The smallest absolute Gasteiger partial charge is 0.276 e. The molecule has 5 nitrogen and oxygen atoms in total. The second-order valence-corrected chi connectivity index (χ2v) is 7.43. The molecule has 0 atom stereocenters. The summed E-state index contributed by atoms with van der Waals surface area (Å²) in [4.78, 5) is 23.6. The maximum Gasteiger partial charge on any atom is 0.276 e. The molecule has 2 rings (SSSR count). The first-order chi connectivity index (χ1) is 11.8. The average Bonchev–Trinajstić information content (AvgIpc) is 2.54. The van der Waals surface area contributed by atoms with Crippen molar-refractivity contribution in [3.63, 3.8) is 0 Å². The van der Waals surface area contributed by atoms with E-state index in [0.29, 0.717) is 10.8 Å². The van der Waals surface area contributed by atoms with E-state index in [1.807, 2.05) is 19.1 Å². The van der Waals surface area contributed by atoms with Gasteiger partial charge in [-0.05, 0) is 58.2 Å². The van der Waals surface area contributed by atoms with Crippen LogP contribution in [0.25, 0.3) is 0 Å². The van der Waals surface area contributed by atoms with Crippen LogP contribution in [0.2, 0.25) is 5.02 Å². The van der Waals surface area contributed by atoms with Crippen LogP contribution >= 0.6 is 43.5 Å². The Labute approximate surface area is 167 Å². The van der Waals surface area contributed by atoms with E-state index in [4.69, 9.17) is 16.3 Å². The van der Waals surface area contributed by atoms with Gasteiger partial charge in [0.1, 0.15) is 5.75 Å². The van der Waals surface area contributed by atoms with E-state index in [1.165, 1.54) is 0 Å². The van der Waals surface area contributed by atoms with Gasteiger partial charge >= 0.3 is 0 Å². The Morgan fingerprint density at radius 1 is 1.08 bits per heavy atom. The fraction of sp³-hybridized carbons (Fsp3) is 0.176. The lowest BCUT2D eigenvalue weighted by atomic mass is 10.1. The zero-order valence-corrected chi connectivity index (χ0v) is 17.2. The summed E-state index contributed by atoms with van der Waals surface area (Å²) in [6, 6.07) is 10.6. The number of amides is 2. The second kappa shape index (κ2) is 9.22. The molecule has 2 aromatic rings. The first-order valence-electron chi connectivity index (χ1n) is 7.25. The van der Waals surface area contributed by atoms with Gasteiger partial charge in [-0.25, -0.2) is 0 Å². The number of carbonyl (C=O) groups excluding carboxylic acids is 2. The van der Waals surface area contributed by atoms with E-state index < -0.39 is 5.91 Å². The Morgan fingerprint density at radius 3 is 2.36 bits per heavy atom. The number of rotatable bonds is 5. The minimum absolute atomic E-state index is 0.135. The fourth-order valence-corrected chi connectivity index (χ4v) is 3.70. The third kappa shape index (κ3) is 6.34. The van der Waals surface area contributed by atoms with Gasteiger partial charge in [0.05, 0.1) is 10.9 Å². The molecule has 0 spiro atoms. The Balaban J connectivity index is 1.79. The zero-order valence-electron chi connectivity index (χ0n) is 13.2. The maximum absolute atomic E-state index is 11.8. The van der Waals surface area contributed by atoms with E-state index in [9.17, 15) is 9.59 Å². The van der Waals surface area contributed by atoms with Gasteiger partial charge in [0, 0.05) is 9.50 Å². The molecule has 2 N–H and O–H groups in total. The average molecular weight is 491 g/mol. The van der Waals surface area contributed by atoms with Crippen molar-refractivity contribution in [1.82, 2.24) is 10.9 Å². The summed E-state index contributed by atoms with van der Waals surface area (Å²) in [5, 5.41) is 0.601. The van der Waals surface area contributed by atoms with Crippen LogP contribution in [0.1, 0.15) is 11.1 Å². The van der Waals surface area contributed by atoms with Crippen molar-refractivity contribution >= 4 is 55.3 Å². The van der Waals surface area contributed by atoms with Crippen LogP contribution < -0.4 is 15.6 Å². The van der Waals surface area contributed by atoms with Crippen LogP contribution in [0.5, 0.6) is 5.75 Å². The molecule has 0 saturated carbocycles. The number of carbonyl (C=O) groups is 2. The third-order valence-corrected chi connectivity index (χ3v) is 4.46. The van der Waals surface area contributed by atoms with Gasteiger partial charge in [0.15, 0.2) is 6.61 Å². The Morgan fingerprint density at radius 2 is 1.72 bits per heavy atom. The highest BCUT2D eigenvalue weighted by molar-refractivity contribution is 9.11. The van der Waals surface area contributed by atoms with Gasteiger partial charge in [-0.1, -0.05) is 39.7 Å². The Hall–Kier alpha value is -1.57. The molecule has 0 unspecified atom stereocenters. The van der Waals surface area contributed by atoms with Crippen LogP contribution in [0.4, 0.5) is 0 Å². The lowest BCUT2D eigenvalue weighted by Crippen LogP contribution is -2.44. The number of hydrogen-bond acceptors (Lipinski definition) is 3. The van der Waals surface area contributed by atoms with Gasteiger partial charge in [0.2, 0.25) is 5.91 Å². The standard InChI is InChI=1S/C17H15Br2ClN2O3/c1-10-6-12(18)8-14(19)17(10)25-9-16(24)22-21-15(23)7-11-2-4-13(20)5-3-11/h2-6,8H,7,9H2,1H3,(H,21,23)(H,22,24). The largest absolute Gasteiger partial charge is 0.482 e. The van der Waals surface area contributed by atoms with Gasteiger partial charge in [-0.3, -0.25) is 20.4 Å². The molecular weight excluding hydrogens is 475 g/mol. The number of halogens is 3. The molecule has 0 saturated heterocycles. The molecular formula is C17H15Br2ClN2O3. The Bertz CT molecular complexity index is 759. The molecule has 8 heteroatoms. The highest BCUT2D eigenvalue weighted by atomic mass is 79.9. The normalized spacial score (nSPS) is 10.2. The predicted octanol–water partition coefficient (Wildman–Crippen LogP) is 3.94. The number of hydrogen-bond donors (Lipinski definition) is 2. The quantitative estimate of drug-likeness (QED) is 0.624. The van der Waals surface area contributed by atoms with Gasteiger partial charge in [-0.2, -0.15) is 0 Å². The van der Waals surface area contributed by atoms with Crippen molar-refractivity contribution in [3.05, 3.63) is 61.5 Å². The molecule has 0 radical (unpaired) electrons. The van der Waals surface area contributed by atoms with Crippen LogP contribution in [0.15, 0.2) is 45.3 Å². The highest BCUT2D eigenvalue weighted by Crippen LogP contribution is 2.32. The van der Waals surface area contributed by atoms with Gasteiger partial charge < -0.3 is 4.74 Å². The first kappa shape index (κ1) is 19.8. The minimum Gasteiger partial charge on any atom is -0.482 e. The third-order valence-electron chi connectivity index (χ3n) is 3.16. The van der Waals surface area contributed by atoms with Crippen molar-refractivity contribution in [1.29, 1.82) is 0 Å². The molecule has 0 aromatic heterocycles. The zero-order chi connectivity index (χ0) is 18.4. The number of benzene rings is 2. The molecule has 2 amide bonds. The number of aryl methyl sites for hydroxylation is 1. The molecule has 0 fully saturated rings. The van der Waals surface area contributed by atoms with E-state index >= 15 is 0 Å². The van der Waals surface area contributed by atoms with Crippen molar-refractivity contribution in [3.8, 4) is 5.75 Å². The summed E-state index contributed by atoms with van der Waals surface area (Å²) < 4.78 is 7.14. The second-order valence-electron chi connectivity index (χ2n) is 5.22. The Kier molecular flexibility index (Phi) is 7.28. The minimum atomic E-state index is -0.460. The molecule has 25 heavy (non-hydrogen) atoms. The van der Waals surface area contributed by atoms with Crippen molar-refractivity contribution in [2.75, 3.05) is 6.61 Å². The van der Waals surface area contributed by atoms with E-state index in [-0.39, 0.29) is 18.9 Å². The first-order valence-corrected chi connectivity index (χ1v) is 9.22. The fourth-order valence-electron chi connectivity index (χ4n) is 2.02. The summed E-state index contributed by atoms with van der Waals surface area (Å²) in [6.07, 6.45) is 0.135. The van der Waals surface area contributed by atoms with Crippen molar-refractivity contribution in [2.45, 2.75) is 13.3 Å². The summed E-state index contributed by atoms with van der Waals surface area (Å²) in [7, 11) is 0. The SMILES string of the molecule is Cc1cc(Br)cc(Br)c1OCC(=O)NNC(=O)Cc1ccc(Cl)cc1. The molecule has 2 aromatic carbocycles. The summed E-state index contributed by atoms with van der Waals surface area (Å²) in [5.74, 6) is -0.221. The summed E-state index contributed by atoms with van der Waals surface area (Å²) in [5.41, 5.74) is 6.34. The highest BCUT2D eigenvalue weighted by Gasteiger charge is 2.10. The van der Waals surface area contributed by atoms with Crippen LogP contribution in [-0.4, -0.2) is 18.4 Å². The molecule has 132 valence electrons. The monoisotopic (exact) mass is 488 g/mol. The summed E-state index contributed by atoms with van der Waals surface area (Å²) in [6.45, 7) is 1.65. The van der Waals surface area contributed by atoms with Crippen LogP contribution in [-0.2, 0) is 16.0 Å². The number of hydrazine groups is 1. The van der Waals surface area contributed by atoms with Crippen molar-refractivity contribution < 1.29 is 14.3 Å².